The molecule has 0 aromatic heterocycles. The molecule has 4 heteroatoms. The van der Waals surface area contributed by atoms with Gasteiger partial charge in [0.25, 0.3) is 0 Å². The number of nitrogens with one attached hydrogen (secondary N) is 1. The molecule has 0 amide bonds. The van der Waals surface area contributed by atoms with Gasteiger partial charge in [-0.1, -0.05) is 6.42 Å². The van der Waals surface area contributed by atoms with E-state index >= 15 is 0 Å². The van der Waals surface area contributed by atoms with Crippen LogP contribution in [0.15, 0.2) is 0 Å². The average Bonchev–Trinajstić information content (AvgIpc) is 2.03. The second kappa shape index (κ2) is 6.50. The van der Waals surface area contributed by atoms with Crippen LogP contribution in [0.25, 0.3) is 0 Å². The number of carboxylic acids is 1. The van der Waals surface area contributed by atoms with Crippen molar-refractivity contribution in [3.05, 3.63) is 0 Å². The molecule has 0 rings (SSSR count). The Morgan fingerprint density at radius 2 is 2.33 bits per heavy atom. The number of nitrogens with two attached hydrogens (primary N) is 1. The number of terminal acetylenes is 1. The minimum absolute atomic E-state index is 0.525. The number of carbonyl (C=O) groups is 1. The summed E-state index contributed by atoms with van der Waals surface area (Å²) < 4.78 is 0. The van der Waals surface area contributed by atoms with E-state index in [9.17, 15) is 4.79 Å². The Labute approximate surface area is 72.1 Å². The predicted octanol–water partition coefficient (Wildman–Crippen LogP) is -0.251. The third kappa shape index (κ3) is 4.58. The van der Waals surface area contributed by atoms with Gasteiger partial charge < -0.3 is 16.2 Å². The molecule has 0 spiro atoms. The minimum atomic E-state index is -0.912. The summed E-state index contributed by atoms with van der Waals surface area (Å²) in [5.74, 6) is -0.912. The molecule has 4 N–H and O–H groups in total. The normalized spacial score (nSPS) is 11.7. The van der Waals surface area contributed by atoms with E-state index in [0.29, 0.717) is 13.0 Å². The summed E-state index contributed by atoms with van der Waals surface area (Å²) in [7, 11) is 0. The van der Waals surface area contributed by atoms with Crippen LogP contribution in [0.4, 0.5) is 0 Å². The molecule has 0 aliphatic carbocycles. The zero-order valence-electron chi connectivity index (χ0n) is 6.92. The lowest BCUT2D eigenvalue weighted by Crippen LogP contribution is -2.33. The summed E-state index contributed by atoms with van der Waals surface area (Å²) in [4.78, 5) is 10.5. The zero-order chi connectivity index (χ0) is 9.40. The molecule has 0 aliphatic heterocycles. The van der Waals surface area contributed by atoms with Gasteiger partial charge in [-0.05, 0) is 25.8 Å². The van der Waals surface area contributed by atoms with E-state index in [2.05, 4.69) is 11.4 Å². The molecule has 4 nitrogen and oxygen atoms in total. The van der Waals surface area contributed by atoms with Gasteiger partial charge in [0, 0.05) is 6.04 Å². The zero-order valence-corrected chi connectivity index (χ0v) is 6.92. The van der Waals surface area contributed by atoms with E-state index < -0.39 is 12.0 Å². The first-order chi connectivity index (χ1) is 5.72. The number of unbranched alkanes of at least 4 members (excludes halogenated alkanes) is 1. The van der Waals surface area contributed by atoms with Crippen molar-refractivity contribution >= 4 is 5.97 Å². The average molecular weight is 170 g/mol. The van der Waals surface area contributed by atoms with E-state index in [1.165, 1.54) is 0 Å². The van der Waals surface area contributed by atoms with Gasteiger partial charge in [0.05, 0.1) is 0 Å². The third-order valence-corrected chi connectivity index (χ3v) is 1.50. The Morgan fingerprint density at radius 1 is 1.67 bits per heavy atom. The molecule has 0 aromatic rings. The Kier molecular flexibility index (Phi) is 5.84. The highest BCUT2D eigenvalue weighted by molar-refractivity contribution is 5.73. The maximum absolute atomic E-state index is 10.5. The molecule has 0 saturated heterocycles. The van der Waals surface area contributed by atoms with Gasteiger partial charge in [0.1, 0.15) is 6.04 Å². The van der Waals surface area contributed by atoms with Crippen molar-refractivity contribution in [1.82, 2.24) is 5.32 Å². The topological polar surface area (TPSA) is 75.3 Å². The number of hydrogen-bond donors (Lipinski definition) is 3. The van der Waals surface area contributed by atoms with Crippen molar-refractivity contribution in [3.8, 4) is 12.5 Å². The van der Waals surface area contributed by atoms with Crippen molar-refractivity contribution in [2.45, 2.75) is 25.3 Å². The lowest BCUT2D eigenvalue weighted by Gasteiger charge is -2.09. The molecular weight excluding hydrogens is 156 g/mol. The fourth-order valence-corrected chi connectivity index (χ4v) is 0.851. The SMILES string of the molecule is C#CNC(CCCCN)C(=O)O. The molecule has 0 saturated carbocycles. The molecule has 0 fully saturated rings. The highest BCUT2D eigenvalue weighted by Gasteiger charge is 2.14. The van der Waals surface area contributed by atoms with Gasteiger partial charge in [0.2, 0.25) is 0 Å². The van der Waals surface area contributed by atoms with Crippen LogP contribution in [0.1, 0.15) is 19.3 Å². The lowest BCUT2D eigenvalue weighted by molar-refractivity contribution is -0.139. The van der Waals surface area contributed by atoms with Gasteiger partial charge in [-0.3, -0.25) is 0 Å². The standard InChI is InChI=1S/C8H14N2O2/c1-2-10-7(8(11)12)5-3-4-6-9/h1,7,10H,3-6,9H2,(H,11,12). The third-order valence-electron chi connectivity index (χ3n) is 1.50. The van der Waals surface area contributed by atoms with Crippen LogP contribution in [0.2, 0.25) is 0 Å². The van der Waals surface area contributed by atoms with E-state index in [1.54, 1.807) is 0 Å². The second-order valence-corrected chi connectivity index (χ2v) is 2.46. The fourth-order valence-electron chi connectivity index (χ4n) is 0.851. The van der Waals surface area contributed by atoms with Gasteiger partial charge in [-0.25, -0.2) is 4.79 Å². The van der Waals surface area contributed by atoms with E-state index in [1.807, 2.05) is 0 Å². The highest BCUT2D eigenvalue weighted by atomic mass is 16.4. The van der Waals surface area contributed by atoms with Crippen molar-refractivity contribution in [3.63, 3.8) is 0 Å². The van der Waals surface area contributed by atoms with Gasteiger partial charge in [-0.15, -0.1) is 0 Å². The molecule has 12 heavy (non-hydrogen) atoms. The molecule has 0 aromatic carbocycles. The molecule has 68 valence electrons. The maximum atomic E-state index is 10.5. The molecule has 0 radical (unpaired) electrons. The first-order valence-electron chi connectivity index (χ1n) is 3.86. The molecule has 0 heterocycles. The Hall–Kier alpha value is -1.21. The number of carboxylic acid groups (broad SMARTS) is 1. The molecule has 1 atom stereocenters. The van der Waals surface area contributed by atoms with Crippen LogP contribution in [0.3, 0.4) is 0 Å². The number of rotatable bonds is 6. The van der Waals surface area contributed by atoms with Crippen LogP contribution in [-0.4, -0.2) is 23.7 Å². The van der Waals surface area contributed by atoms with Crippen molar-refractivity contribution in [2.24, 2.45) is 5.73 Å². The summed E-state index contributed by atoms with van der Waals surface area (Å²) in [6.07, 6.45) is 7.06. The van der Waals surface area contributed by atoms with Crippen LogP contribution in [0.5, 0.6) is 0 Å². The van der Waals surface area contributed by atoms with Gasteiger partial charge in [-0.2, -0.15) is 0 Å². The van der Waals surface area contributed by atoms with Crippen LogP contribution < -0.4 is 11.1 Å². The summed E-state index contributed by atoms with van der Waals surface area (Å²) in [6, 6.07) is 1.48. The lowest BCUT2D eigenvalue weighted by atomic mass is 10.1. The molecule has 0 bridgehead atoms. The van der Waals surface area contributed by atoms with Crippen LogP contribution in [-0.2, 0) is 4.79 Å². The molecule has 0 aliphatic rings. The van der Waals surface area contributed by atoms with Gasteiger partial charge >= 0.3 is 5.97 Å². The number of aliphatic carboxylic acids is 1. The number of hydrogen-bond acceptors (Lipinski definition) is 3. The Balaban J connectivity index is 3.65. The molecule has 1 unspecified atom stereocenters. The van der Waals surface area contributed by atoms with Gasteiger partial charge in [0.15, 0.2) is 0 Å². The first kappa shape index (κ1) is 10.8. The maximum Gasteiger partial charge on any atom is 0.326 e. The van der Waals surface area contributed by atoms with Crippen LogP contribution >= 0.6 is 0 Å². The summed E-state index contributed by atoms with van der Waals surface area (Å²) in [5.41, 5.74) is 5.26. The highest BCUT2D eigenvalue weighted by Crippen LogP contribution is 1.99. The smallest absolute Gasteiger partial charge is 0.326 e. The minimum Gasteiger partial charge on any atom is -0.480 e. The van der Waals surface area contributed by atoms with E-state index in [4.69, 9.17) is 17.3 Å². The Morgan fingerprint density at radius 3 is 2.75 bits per heavy atom. The monoisotopic (exact) mass is 170 g/mol. The predicted molar refractivity (Wildman–Crippen MR) is 46.3 cm³/mol. The first-order valence-corrected chi connectivity index (χ1v) is 3.86. The largest absolute Gasteiger partial charge is 0.480 e. The van der Waals surface area contributed by atoms with Crippen molar-refractivity contribution in [1.29, 1.82) is 0 Å². The van der Waals surface area contributed by atoms with Crippen LogP contribution in [0, 0.1) is 12.5 Å². The summed E-state index contributed by atoms with van der Waals surface area (Å²) in [6.45, 7) is 0.586. The van der Waals surface area contributed by atoms with Crippen molar-refractivity contribution in [2.75, 3.05) is 6.54 Å². The van der Waals surface area contributed by atoms with Crippen molar-refractivity contribution < 1.29 is 9.90 Å². The quantitative estimate of drug-likeness (QED) is 0.292. The fraction of sp³-hybridized carbons (Fsp3) is 0.625. The summed E-state index contributed by atoms with van der Waals surface area (Å²) >= 11 is 0. The van der Waals surface area contributed by atoms with E-state index in [0.717, 1.165) is 12.8 Å². The van der Waals surface area contributed by atoms with E-state index in [-0.39, 0.29) is 0 Å². The second-order valence-electron chi connectivity index (χ2n) is 2.46. The Bertz CT molecular complexity index is 174. The molecular formula is C8H14N2O2. The summed E-state index contributed by atoms with van der Waals surface area (Å²) in [5, 5.41) is 11.0.